The number of ether oxygens (including phenoxy) is 2. The average molecular weight is 270 g/mol. The first-order chi connectivity index (χ1) is 9.74. The summed E-state index contributed by atoms with van der Waals surface area (Å²) < 4.78 is 11.1. The summed E-state index contributed by atoms with van der Waals surface area (Å²) in [5.41, 5.74) is 8.81. The highest BCUT2D eigenvalue weighted by Crippen LogP contribution is 2.38. The van der Waals surface area contributed by atoms with Crippen LogP contribution in [-0.2, 0) is 0 Å². The molecule has 2 aromatic rings. The first-order valence-electron chi connectivity index (χ1n) is 6.74. The van der Waals surface area contributed by atoms with Crippen molar-refractivity contribution >= 4 is 11.4 Å². The van der Waals surface area contributed by atoms with Gasteiger partial charge in [-0.15, -0.1) is 0 Å². The predicted octanol–water partition coefficient (Wildman–Crippen LogP) is 3.21. The van der Waals surface area contributed by atoms with Crippen molar-refractivity contribution in [2.75, 3.05) is 24.3 Å². The standard InChI is InChI=1S/C16H18N2O2/c1-11(12-5-3-2-4-6-12)18-14-10-16-15(9-13(14)17)19-7-8-20-16/h2-6,9-11,18H,7-8,17H2,1H3. The minimum atomic E-state index is 0.168. The van der Waals surface area contributed by atoms with Crippen LogP contribution in [0.3, 0.4) is 0 Å². The Morgan fingerprint density at radius 3 is 2.40 bits per heavy atom. The van der Waals surface area contributed by atoms with Gasteiger partial charge in [0, 0.05) is 18.2 Å². The molecule has 1 aliphatic heterocycles. The normalized spacial score (nSPS) is 14.7. The van der Waals surface area contributed by atoms with Crippen molar-refractivity contribution in [3.63, 3.8) is 0 Å². The molecule has 3 rings (SSSR count). The molecular weight excluding hydrogens is 252 g/mol. The maximum Gasteiger partial charge on any atom is 0.163 e. The molecule has 1 atom stereocenters. The summed E-state index contributed by atoms with van der Waals surface area (Å²) in [5.74, 6) is 1.46. The molecule has 0 saturated heterocycles. The molecule has 0 fully saturated rings. The first-order valence-corrected chi connectivity index (χ1v) is 6.74. The van der Waals surface area contributed by atoms with E-state index in [1.54, 1.807) is 0 Å². The van der Waals surface area contributed by atoms with E-state index in [9.17, 15) is 0 Å². The molecule has 3 N–H and O–H groups in total. The highest BCUT2D eigenvalue weighted by atomic mass is 16.6. The van der Waals surface area contributed by atoms with Crippen LogP contribution in [0, 0.1) is 0 Å². The zero-order valence-corrected chi connectivity index (χ0v) is 11.4. The zero-order valence-electron chi connectivity index (χ0n) is 11.4. The minimum absolute atomic E-state index is 0.168. The molecule has 1 aliphatic rings. The number of nitrogen functional groups attached to an aromatic ring is 1. The molecule has 0 aromatic heterocycles. The lowest BCUT2D eigenvalue weighted by molar-refractivity contribution is 0.172. The van der Waals surface area contributed by atoms with E-state index in [1.165, 1.54) is 5.56 Å². The van der Waals surface area contributed by atoms with Crippen LogP contribution < -0.4 is 20.5 Å². The van der Waals surface area contributed by atoms with Crippen molar-refractivity contribution in [1.29, 1.82) is 0 Å². The Labute approximate surface area is 118 Å². The van der Waals surface area contributed by atoms with E-state index in [4.69, 9.17) is 15.2 Å². The molecule has 0 spiro atoms. The number of nitrogens with two attached hydrogens (primary N) is 1. The summed E-state index contributed by atoms with van der Waals surface area (Å²) in [4.78, 5) is 0. The third kappa shape index (κ3) is 2.50. The Hall–Kier alpha value is -2.36. The van der Waals surface area contributed by atoms with Crippen LogP contribution in [0.5, 0.6) is 11.5 Å². The Morgan fingerprint density at radius 2 is 1.70 bits per heavy atom. The summed E-state index contributed by atoms with van der Waals surface area (Å²) in [7, 11) is 0. The van der Waals surface area contributed by atoms with Gasteiger partial charge in [-0.2, -0.15) is 0 Å². The summed E-state index contributed by atoms with van der Waals surface area (Å²) in [6.45, 7) is 3.25. The Morgan fingerprint density at radius 1 is 1.05 bits per heavy atom. The largest absolute Gasteiger partial charge is 0.486 e. The van der Waals surface area contributed by atoms with Gasteiger partial charge in [0.05, 0.1) is 11.4 Å². The van der Waals surface area contributed by atoms with E-state index in [2.05, 4.69) is 24.4 Å². The van der Waals surface area contributed by atoms with Gasteiger partial charge in [0.2, 0.25) is 0 Å². The number of rotatable bonds is 3. The second-order valence-corrected chi connectivity index (χ2v) is 4.86. The Bertz CT molecular complexity index is 599. The molecule has 20 heavy (non-hydrogen) atoms. The van der Waals surface area contributed by atoms with Gasteiger partial charge in [0.1, 0.15) is 13.2 Å². The van der Waals surface area contributed by atoms with Crippen molar-refractivity contribution in [2.24, 2.45) is 0 Å². The number of anilines is 2. The second-order valence-electron chi connectivity index (χ2n) is 4.86. The van der Waals surface area contributed by atoms with Crippen LogP contribution in [-0.4, -0.2) is 13.2 Å². The summed E-state index contributed by atoms with van der Waals surface area (Å²) in [6, 6.07) is 14.1. The minimum Gasteiger partial charge on any atom is -0.486 e. The van der Waals surface area contributed by atoms with Crippen LogP contribution in [0.25, 0.3) is 0 Å². The third-order valence-electron chi connectivity index (χ3n) is 3.39. The lowest BCUT2D eigenvalue weighted by atomic mass is 10.1. The van der Waals surface area contributed by atoms with Gasteiger partial charge in [-0.3, -0.25) is 0 Å². The predicted molar refractivity (Wildman–Crippen MR) is 80.3 cm³/mol. The monoisotopic (exact) mass is 270 g/mol. The molecule has 0 radical (unpaired) electrons. The molecule has 0 amide bonds. The van der Waals surface area contributed by atoms with Crippen molar-refractivity contribution in [3.8, 4) is 11.5 Å². The van der Waals surface area contributed by atoms with Gasteiger partial charge in [0.25, 0.3) is 0 Å². The van der Waals surface area contributed by atoms with Crippen LogP contribution in [0.15, 0.2) is 42.5 Å². The number of fused-ring (bicyclic) bond motifs is 1. The topological polar surface area (TPSA) is 56.5 Å². The lowest BCUT2D eigenvalue weighted by Crippen LogP contribution is -2.16. The average Bonchev–Trinajstić information content (AvgIpc) is 2.49. The number of hydrogen-bond acceptors (Lipinski definition) is 4. The van der Waals surface area contributed by atoms with E-state index in [1.807, 2.05) is 30.3 Å². The summed E-state index contributed by atoms with van der Waals surface area (Å²) in [6.07, 6.45) is 0. The molecule has 0 saturated carbocycles. The first kappa shape index (κ1) is 12.7. The quantitative estimate of drug-likeness (QED) is 0.841. The third-order valence-corrected chi connectivity index (χ3v) is 3.39. The van der Waals surface area contributed by atoms with Gasteiger partial charge in [-0.05, 0) is 12.5 Å². The van der Waals surface area contributed by atoms with E-state index >= 15 is 0 Å². The molecule has 2 aromatic carbocycles. The van der Waals surface area contributed by atoms with Gasteiger partial charge in [-0.25, -0.2) is 0 Å². The second kappa shape index (κ2) is 5.33. The highest BCUT2D eigenvalue weighted by Gasteiger charge is 2.15. The van der Waals surface area contributed by atoms with Crippen LogP contribution >= 0.6 is 0 Å². The fraction of sp³-hybridized carbons (Fsp3) is 0.250. The summed E-state index contributed by atoms with van der Waals surface area (Å²) in [5, 5.41) is 3.42. The van der Waals surface area contributed by atoms with E-state index in [0.29, 0.717) is 24.7 Å². The van der Waals surface area contributed by atoms with E-state index < -0.39 is 0 Å². The molecule has 1 heterocycles. The fourth-order valence-electron chi connectivity index (χ4n) is 2.29. The van der Waals surface area contributed by atoms with Crippen LogP contribution in [0.4, 0.5) is 11.4 Å². The molecule has 1 unspecified atom stereocenters. The fourth-order valence-corrected chi connectivity index (χ4v) is 2.29. The zero-order chi connectivity index (χ0) is 13.9. The van der Waals surface area contributed by atoms with Gasteiger partial charge in [-0.1, -0.05) is 30.3 Å². The maximum absolute atomic E-state index is 6.07. The molecular formula is C16H18N2O2. The maximum atomic E-state index is 6.07. The van der Waals surface area contributed by atoms with Crippen LogP contribution in [0.2, 0.25) is 0 Å². The number of nitrogens with one attached hydrogen (secondary N) is 1. The van der Waals surface area contributed by atoms with E-state index in [-0.39, 0.29) is 6.04 Å². The lowest BCUT2D eigenvalue weighted by Gasteiger charge is -2.22. The molecule has 4 heteroatoms. The highest BCUT2D eigenvalue weighted by molar-refractivity contribution is 5.72. The molecule has 104 valence electrons. The van der Waals surface area contributed by atoms with E-state index in [0.717, 1.165) is 11.4 Å². The van der Waals surface area contributed by atoms with Crippen molar-refractivity contribution in [3.05, 3.63) is 48.0 Å². The number of benzene rings is 2. The van der Waals surface area contributed by atoms with Gasteiger partial charge in [0.15, 0.2) is 11.5 Å². The molecule has 0 aliphatic carbocycles. The number of hydrogen-bond donors (Lipinski definition) is 2. The SMILES string of the molecule is CC(Nc1cc2c(cc1N)OCCO2)c1ccccc1. The smallest absolute Gasteiger partial charge is 0.163 e. The molecule has 0 bridgehead atoms. The van der Waals surface area contributed by atoms with Gasteiger partial charge < -0.3 is 20.5 Å². The van der Waals surface area contributed by atoms with Gasteiger partial charge >= 0.3 is 0 Å². The van der Waals surface area contributed by atoms with Crippen molar-refractivity contribution < 1.29 is 9.47 Å². The van der Waals surface area contributed by atoms with Crippen molar-refractivity contribution in [2.45, 2.75) is 13.0 Å². The Kier molecular flexibility index (Phi) is 3.37. The Balaban J connectivity index is 1.84. The van der Waals surface area contributed by atoms with Crippen molar-refractivity contribution in [1.82, 2.24) is 0 Å². The summed E-state index contributed by atoms with van der Waals surface area (Å²) >= 11 is 0. The molecule has 4 nitrogen and oxygen atoms in total. The van der Waals surface area contributed by atoms with Crippen LogP contribution in [0.1, 0.15) is 18.5 Å².